The zero-order chi connectivity index (χ0) is 14.4. The Bertz CT molecular complexity index is 507. The van der Waals surface area contributed by atoms with E-state index < -0.39 is 10.0 Å². The summed E-state index contributed by atoms with van der Waals surface area (Å²) in [5, 5.41) is 0. The molecule has 1 fully saturated rings. The van der Waals surface area contributed by atoms with Crippen molar-refractivity contribution in [2.75, 3.05) is 33.4 Å². The maximum absolute atomic E-state index is 12.2. The summed E-state index contributed by atoms with van der Waals surface area (Å²) < 4.78 is 32.3. The molecule has 0 aliphatic carbocycles. The molecule has 0 spiro atoms. The largest absolute Gasteiger partial charge is 0.383 e. The Morgan fingerprint density at radius 2 is 2.40 bits per heavy atom. The smallest absolute Gasteiger partial charge is 0.242 e. The van der Waals surface area contributed by atoms with Crippen LogP contribution in [0, 0.1) is 0 Å². The number of piperidine rings is 1. The molecule has 1 aromatic heterocycles. The Morgan fingerprint density at radius 3 is 3.10 bits per heavy atom. The standard InChI is InChI=1S/C13H21N3O3S/c1-19-9-8-16-7-3-4-12(11-16)15-20(17,18)13-5-2-6-14-10-13/h2,5-6,10,12,15H,3-4,7-9,11H2,1H3. The molecule has 0 aromatic carbocycles. The minimum Gasteiger partial charge on any atom is -0.383 e. The van der Waals surface area contributed by atoms with Gasteiger partial charge in [-0.3, -0.25) is 9.88 Å². The van der Waals surface area contributed by atoms with E-state index >= 15 is 0 Å². The van der Waals surface area contributed by atoms with Crippen LogP contribution in [0.25, 0.3) is 0 Å². The lowest BCUT2D eigenvalue weighted by Gasteiger charge is -2.32. The fourth-order valence-electron chi connectivity index (χ4n) is 2.37. The maximum atomic E-state index is 12.2. The number of likely N-dealkylation sites (tertiary alicyclic amines) is 1. The lowest BCUT2D eigenvalue weighted by molar-refractivity contribution is 0.126. The number of aromatic nitrogens is 1. The third-order valence-electron chi connectivity index (χ3n) is 3.38. The predicted octanol–water partition coefficient (Wildman–Crippen LogP) is 0.471. The van der Waals surface area contributed by atoms with Gasteiger partial charge in [-0.15, -0.1) is 0 Å². The van der Waals surface area contributed by atoms with Crippen LogP contribution < -0.4 is 4.72 Å². The third-order valence-corrected chi connectivity index (χ3v) is 4.89. The molecule has 1 aliphatic heterocycles. The van der Waals surface area contributed by atoms with Crippen LogP contribution in [0.1, 0.15) is 12.8 Å². The van der Waals surface area contributed by atoms with Gasteiger partial charge in [-0.2, -0.15) is 0 Å². The monoisotopic (exact) mass is 299 g/mol. The van der Waals surface area contributed by atoms with Gasteiger partial charge in [0.15, 0.2) is 0 Å². The molecule has 7 heteroatoms. The van der Waals surface area contributed by atoms with Gasteiger partial charge < -0.3 is 4.74 Å². The minimum absolute atomic E-state index is 0.0502. The van der Waals surface area contributed by atoms with Gasteiger partial charge in [-0.1, -0.05) is 0 Å². The Balaban J connectivity index is 1.95. The number of nitrogens with zero attached hydrogens (tertiary/aromatic N) is 2. The molecule has 1 N–H and O–H groups in total. The van der Waals surface area contributed by atoms with Gasteiger partial charge in [0.1, 0.15) is 4.90 Å². The Labute approximate surface area is 120 Å². The Kier molecular flexibility index (Phi) is 5.47. The summed E-state index contributed by atoms with van der Waals surface area (Å²) in [6.45, 7) is 3.22. The first kappa shape index (κ1) is 15.4. The average Bonchev–Trinajstić information content (AvgIpc) is 2.46. The SMILES string of the molecule is COCCN1CCCC(NS(=O)(=O)c2cccnc2)C1. The van der Waals surface area contributed by atoms with E-state index in [4.69, 9.17) is 4.74 Å². The topological polar surface area (TPSA) is 71.5 Å². The summed E-state index contributed by atoms with van der Waals surface area (Å²) in [5.41, 5.74) is 0. The Morgan fingerprint density at radius 1 is 1.55 bits per heavy atom. The molecular formula is C13H21N3O3S. The van der Waals surface area contributed by atoms with E-state index in [1.165, 1.54) is 6.20 Å². The van der Waals surface area contributed by atoms with E-state index in [0.717, 1.165) is 32.5 Å². The van der Waals surface area contributed by atoms with Crippen LogP contribution in [0.2, 0.25) is 0 Å². The highest BCUT2D eigenvalue weighted by atomic mass is 32.2. The van der Waals surface area contributed by atoms with Crippen LogP contribution >= 0.6 is 0 Å². The quantitative estimate of drug-likeness (QED) is 0.827. The summed E-state index contributed by atoms with van der Waals surface area (Å²) in [5.74, 6) is 0. The van der Waals surface area contributed by atoms with Crippen molar-refractivity contribution in [2.24, 2.45) is 0 Å². The zero-order valence-electron chi connectivity index (χ0n) is 11.7. The molecule has 0 amide bonds. The van der Waals surface area contributed by atoms with Crippen molar-refractivity contribution in [1.29, 1.82) is 0 Å². The molecule has 0 saturated carbocycles. The first-order valence-electron chi connectivity index (χ1n) is 6.75. The van der Waals surface area contributed by atoms with Gasteiger partial charge in [-0.25, -0.2) is 13.1 Å². The van der Waals surface area contributed by atoms with Gasteiger partial charge in [0.2, 0.25) is 10.0 Å². The third kappa shape index (κ3) is 4.24. The predicted molar refractivity (Wildman–Crippen MR) is 75.9 cm³/mol. The molecule has 6 nitrogen and oxygen atoms in total. The lowest BCUT2D eigenvalue weighted by atomic mass is 10.1. The fourth-order valence-corrected chi connectivity index (χ4v) is 3.59. The molecule has 0 bridgehead atoms. The highest BCUT2D eigenvalue weighted by Gasteiger charge is 2.25. The van der Waals surface area contributed by atoms with Crippen molar-refractivity contribution in [3.8, 4) is 0 Å². The number of hydrogen-bond donors (Lipinski definition) is 1. The maximum Gasteiger partial charge on any atom is 0.242 e. The van der Waals surface area contributed by atoms with Crippen LogP contribution in [0.15, 0.2) is 29.4 Å². The fraction of sp³-hybridized carbons (Fsp3) is 0.615. The van der Waals surface area contributed by atoms with Crippen molar-refractivity contribution >= 4 is 10.0 Å². The number of rotatable bonds is 6. The highest BCUT2D eigenvalue weighted by molar-refractivity contribution is 7.89. The van der Waals surface area contributed by atoms with Gasteiger partial charge in [-0.05, 0) is 31.5 Å². The van der Waals surface area contributed by atoms with Gasteiger partial charge in [0, 0.05) is 38.6 Å². The van der Waals surface area contributed by atoms with Gasteiger partial charge in [0.05, 0.1) is 6.61 Å². The van der Waals surface area contributed by atoms with E-state index in [1.807, 2.05) is 0 Å². The van der Waals surface area contributed by atoms with E-state index in [2.05, 4.69) is 14.6 Å². The molecule has 2 rings (SSSR count). The van der Waals surface area contributed by atoms with Crippen LogP contribution in [-0.2, 0) is 14.8 Å². The molecule has 20 heavy (non-hydrogen) atoms. The number of methoxy groups -OCH3 is 1. The second-order valence-electron chi connectivity index (χ2n) is 4.94. The van der Waals surface area contributed by atoms with Gasteiger partial charge >= 0.3 is 0 Å². The van der Waals surface area contributed by atoms with Crippen LogP contribution in [0.4, 0.5) is 0 Å². The normalized spacial score (nSPS) is 20.9. The lowest BCUT2D eigenvalue weighted by Crippen LogP contribution is -2.48. The molecule has 2 heterocycles. The molecule has 1 unspecified atom stereocenters. The number of ether oxygens (including phenoxy) is 1. The molecule has 1 aromatic rings. The first-order chi connectivity index (χ1) is 9.62. The summed E-state index contributed by atoms with van der Waals surface area (Å²) in [7, 11) is -1.80. The van der Waals surface area contributed by atoms with Crippen molar-refractivity contribution in [2.45, 2.75) is 23.8 Å². The molecule has 1 saturated heterocycles. The van der Waals surface area contributed by atoms with E-state index in [9.17, 15) is 8.42 Å². The van der Waals surface area contributed by atoms with Crippen LogP contribution in [-0.4, -0.2) is 57.7 Å². The summed E-state index contributed by atoms with van der Waals surface area (Å²) in [6, 6.07) is 3.13. The van der Waals surface area contributed by atoms with Crippen molar-refractivity contribution in [3.05, 3.63) is 24.5 Å². The van der Waals surface area contributed by atoms with Crippen molar-refractivity contribution in [1.82, 2.24) is 14.6 Å². The number of hydrogen-bond acceptors (Lipinski definition) is 5. The Hall–Kier alpha value is -1.02. The minimum atomic E-state index is -3.47. The molecule has 1 aliphatic rings. The number of sulfonamides is 1. The van der Waals surface area contributed by atoms with Crippen molar-refractivity contribution in [3.63, 3.8) is 0 Å². The molecule has 1 atom stereocenters. The first-order valence-corrected chi connectivity index (χ1v) is 8.24. The zero-order valence-corrected chi connectivity index (χ0v) is 12.5. The molecule has 112 valence electrons. The second-order valence-corrected chi connectivity index (χ2v) is 6.66. The van der Waals surface area contributed by atoms with Crippen molar-refractivity contribution < 1.29 is 13.2 Å². The average molecular weight is 299 g/mol. The summed E-state index contributed by atoms with van der Waals surface area (Å²) in [4.78, 5) is 6.30. The molecular weight excluding hydrogens is 278 g/mol. The highest BCUT2D eigenvalue weighted by Crippen LogP contribution is 2.13. The van der Waals surface area contributed by atoms with Gasteiger partial charge in [0.25, 0.3) is 0 Å². The number of nitrogens with one attached hydrogen (secondary N) is 1. The summed E-state index contributed by atoms with van der Waals surface area (Å²) >= 11 is 0. The van der Waals surface area contributed by atoms with E-state index in [1.54, 1.807) is 25.4 Å². The number of pyridine rings is 1. The van der Waals surface area contributed by atoms with E-state index in [0.29, 0.717) is 6.61 Å². The van der Waals surface area contributed by atoms with Crippen LogP contribution in [0.5, 0.6) is 0 Å². The molecule has 0 radical (unpaired) electrons. The summed E-state index contributed by atoms with van der Waals surface area (Å²) in [6.07, 6.45) is 4.78. The second kappa shape index (κ2) is 7.12. The van der Waals surface area contributed by atoms with Crippen LogP contribution in [0.3, 0.4) is 0 Å². The van der Waals surface area contributed by atoms with E-state index in [-0.39, 0.29) is 10.9 Å².